The van der Waals surface area contributed by atoms with E-state index in [-0.39, 0.29) is 0 Å². The highest BCUT2D eigenvalue weighted by molar-refractivity contribution is 5.88. The molecular weight excluding hydrogens is 240 g/mol. The summed E-state index contributed by atoms with van der Waals surface area (Å²) in [5.74, 6) is -1.76. The number of halogens is 2. The van der Waals surface area contributed by atoms with Gasteiger partial charge in [-0.05, 0) is 6.07 Å². The minimum absolute atomic E-state index is 0.508. The van der Waals surface area contributed by atoms with Crippen LogP contribution in [-0.4, -0.2) is 23.0 Å². The summed E-state index contributed by atoms with van der Waals surface area (Å²) >= 11 is 0. The summed E-state index contributed by atoms with van der Waals surface area (Å²) in [4.78, 5) is 23.9. The maximum Gasteiger partial charge on any atom is 0.356 e. The van der Waals surface area contributed by atoms with Crippen molar-refractivity contribution in [1.82, 2.24) is 4.98 Å². The van der Waals surface area contributed by atoms with Gasteiger partial charge in [-0.1, -0.05) is 0 Å². The summed E-state index contributed by atoms with van der Waals surface area (Å²) in [5.41, 5.74) is 2.67. The number of nitrogens with zero attached hydrogens (tertiary/aromatic N) is 2. The molecule has 1 rings (SSSR count). The fourth-order valence-corrected chi connectivity index (χ4v) is 1.15. The molecule has 1 aromatic rings. The monoisotopic (exact) mass is 247 g/mol. The van der Waals surface area contributed by atoms with Crippen molar-refractivity contribution in [3.63, 3.8) is 0 Å². The van der Waals surface area contributed by atoms with Crippen LogP contribution >= 0.6 is 0 Å². The second-order valence-electron chi connectivity index (χ2n) is 2.88. The molecular formula is C8H7F2N3O4. The van der Waals surface area contributed by atoms with Crippen molar-refractivity contribution in [1.29, 1.82) is 0 Å². The van der Waals surface area contributed by atoms with Gasteiger partial charge in [0.2, 0.25) is 5.82 Å². The summed E-state index contributed by atoms with van der Waals surface area (Å²) in [6, 6.07) is 0.588. The molecule has 0 bridgehead atoms. The fourth-order valence-electron chi connectivity index (χ4n) is 1.15. The maximum absolute atomic E-state index is 12.6. The average Bonchev–Trinajstić information content (AvgIpc) is 2.26. The lowest BCUT2D eigenvalue weighted by Crippen LogP contribution is -2.10. The van der Waals surface area contributed by atoms with Crippen molar-refractivity contribution >= 4 is 17.5 Å². The van der Waals surface area contributed by atoms with Crippen molar-refractivity contribution in [2.75, 3.05) is 12.8 Å². The van der Waals surface area contributed by atoms with Crippen LogP contribution in [0.2, 0.25) is 0 Å². The van der Waals surface area contributed by atoms with E-state index >= 15 is 0 Å². The van der Waals surface area contributed by atoms with Crippen LogP contribution in [0.4, 0.5) is 20.3 Å². The van der Waals surface area contributed by atoms with Crippen LogP contribution in [0.1, 0.15) is 22.5 Å². The van der Waals surface area contributed by atoms with Gasteiger partial charge in [-0.2, -0.15) is 0 Å². The Hall–Kier alpha value is -2.32. The number of nitrogen functional groups attached to an aromatic ring is 1. The summed E-state index contributed by atoms with van der Waals surface area (Å²) in [7, 11) is 1.02. The summed E-state index contributed by atoms with van der Waals surface area (Å²) < 4.78 is 29.4. The first-order chi connectivity index (χ1) is 7.88. The first-order valence-corrected chi connectivity index (χ1v) is 4.19. The standard InChI is InChI=1S/C8H7F2N3O4/c1-17-8(14)4-2-3(6(9)10)5(13(15)16)7(11)12-4/h2,6H,1H3,(H2,11,12). The Labute approximate surface area is 93.3 Å². The van der Waals surface area contributed by atoms with Crippen LogP contribution in [0, 0.1) is 10.1 Å². The first-order valence-electron chi connectivity index (χ1n) is 4.19. The number of hydrogen-bond donors (Lipinski definition) is 1. The molecule has 0 spiro atoms. The van der Waals surface area contributed by atoms with Gasteiger partial charge in [0, 0.05) is 0 Å². The van der Waals surface area contributed by atoms with Crippen molar-refractivity contribution in [2.24, 2.45) is 0 Å². The molecule has 0 atom stereocenters. The molecule has 0 fully saturated rings. The van der Waals surface area contributed by atoms with Crippen molar-refractivity contribution in [3.05, 3.63) is 27.4 Å². The lowest BCUT2D eigenvalue weighted by atomic mass is 10.2. The van der Waals surface area contributed by atoms with Crippen LogP contribution in [-0.2, 0) is 4.74 Å². The molecule has 0 saturated heterocycles. The normalized spacial score (nSPS) is 10.4. The Balaban J connectivity index is 3.46. The molecule has 7 nitrogen and oxygen atoms in total. The van der Waals surface area contributed by atoms with Gasteiger partial charge in [0.15, 0.2) is 5.69 Å². The average molecular weight is 247 g/mol. The third-order valence-corrected chi connectivity index (χ3v) is 1.86. The minimum Gasteiger partial charge on any atom is -0.464 e. The number of aromatic nitrogens is 1. The van der Waals surface area contributed by atoms with E-state index in [1.54, 1.807) is 0 Å². The minimum atomic E-state index is -3.15. The van der Waals surface area contributed by atoms with Gasteiger partial charge in [0.05, 0.1) is 12.0 Å². The van der Waals surface area contributed by atoms with Gasteiger partial charge in [-0.3, -0.25) is 10.1 Å². The number of carbonyl (C=O) groups is 1. The second kappa shape index (κ2) is 4.68. The lowest BCUT2D eigenvalue weighted by Gasteiger charge is -2.06. The summed E-state index contributed by atoms with van der Waals surface area (Å²) in [5, 5.41) is 10.5. The molecule has 0 radical (unpaired) electrons. The summed E-state index contributed by atoms with van der Waals surface area (Å²) in [6.45, 7) is 0. The van der Waals surface area contributed by atoms with Gasteiger partial charge in [0.1, 0.15) is 5.56 Å². The molecule has 92 valence electrons. The Morgan fingerprint density at radius 2 is 2.24 bits per heavy atom. The van der Waals surface area contributed by atoms with Gasteiger partial charge >= 0.3 is 11.7 Å². The number of carbonyl (C=O) groups excluding carboxylic acids is 1. The molecule has 0 aliphatic rings. The van der Waals surface area contributed by atoms with Crippen molar-refractivity contribution < 1.29 is 23.2 Å². The van der Waals surface area contributed by atoms with Crippen LogP contribution in [0.5, 0.6) is 0 Å². The molecule has 1 heterocycles. The third kappa shape index (κ3) is 2.44. The highest BCUT2D eigenvalue weighted by Crippen LogP contribution is 2.33. The highest BCUT2D eigenvalue weighted by atomic mass is 19.3. The molecule has 2 N–H and O–H groups in total. The Bertz CT molecular complexity index is 478. The van der Waals surface area contributed by atoms with E-state index in [2.05, 4.69) is 9.72 Å². The van der Waals surface area contributed by atoms with Gasteiger partial charge in [0.25, 0.3) is 6.43 Å². The zero-order valence-electron chi connectivity index (χ0n) is 8.52. The number of pyridine rings is 1. The number of anilines is 1. The zero-order valence-corrected chi connectivity index (χ0v) is 8.52. The van der Waals surface area contributed by atoms with E-state index in [1.807, 2.05) is 0 Å². The number of hydrogen-bond acceptors (Lipinski definition) is 6. The SMILES string of the molecule is COC(=O)c1cc(C(F)F)c([N+](=O)[O-])c(N)n1. The molecule has 0 amide bonds. The van der Waals surface area contributed by atoms with E-state index < -0.39 is 40.1 Å². The van der Waals surface area contributed by atoms with Crippen LogP contribution in [0.3, 0.4) is 0 Å². The van der Waals surface area contributed by atoms with Gasteiger partial charge in [-0.15, -0.1) is 0 Å². The molecule has 1 aromatic heterocycles. The molecule has 0 unspecified atom stereocenters. The molecule has 9 heteroatoms. The highest BCUT2D eigenvalue weighted by Gasteiger charge is 2.28. The Morgan fingerprint density at radius 1 is 1.65 bits per heavy atom. The number of ether oxygens (including phenoxy) is 1. The van der Waals surface area contributed by atoms with E-state index in [9.17, 15) is 23.7 Å². The molecule has 0 aromatic carbocycles. The van der Waals surface area contributed by atoms with Crippen molar-refractivity contribution in [3.8, 4) is 0 Å². The molecule has 17 heavy (non-hydrogen) atoms. The van der Waals surface area contributed by atoms with E-state index in [4.69, 9.17) is 5.73 Å². The van der Waals surface area contributed by atoms with Crippen LogP contribution in [0.15, 0.2) is 6.07 Å². The molecule has 0 aliphatic heterocycles. The smallest absolute Gasteiger partial charge is 0.356 e. The van der Waals surface area contributed by atoms with Crippen LogP contribution < -0.4 is 5.73 Å². The predicted octanol–water partition coefficient (Wildman–Crippen LogP) is 1.30. The Morgan fingerprint density at radius 3 is 2.65 bits per heavy atom. The van der Waals surface area contributed by atoms with E-state index in [1.165, 1.54) is 0 Å². The maximum atomic E-state index is 12.6. The molecule has 0 aliphatic carbocycles. The quantitative estimate of drug-likeness (QED) is 0.489. The van der Waals surface area contributed by atoms with Gasteiger partial charge in [-0.25, -0.2) is 18.6 Å². The summed E-state index contributed by atoms with van der Waals surface area (Å²) in [6.07, 6.45) is -3.15. The largest absolute Gasteiger partial charge is 0.464 e. The second-order valence-corrected chi connectivity index (χ2v) is 2.88. The van der Waals surface area contributed by atoms with Crippen molar-refractivity contribution in [2.45, 2.75) is 6.43 Å². The van der Waals surface area contributed by atoms with E-state index in [0.717, 1.165) is 7.11 Å². The molecule has 0 saturated carbocycles. The first kappa shape index (κ1) is 12.7. The van der Waals surface area contributed by atoms with E-state index in [0.29, 0.717) is 6.07 Å². The van der Waals surface area contributed by atoms with Crippen LogP contribution in [0.25, 0.3) is 0 Å². The zero-order chi connectivity index (χ0) is 13.2. The fraction of sp³-hybridized carbons (Fsp3) is 0.250. The third-order valence-electron chi connectivity index (χ3n) is 1.86. The lowest BCUT2D eigenvalue weighted by molar-refractivity contribution is -0.385. The number of nitrogens with two attached hydrogens (primary N) is 1. The predicted molar refractivity (Wildman–Crippen MR) is 51.6 cm³/mol. The number of methoxy groups -OCH3 is 1. The topological polar surface area (TPSA) is 108 Å². The number of alkyl halides is 2. The number of nitro groups is 1. The number of esters is 1. The number of rotatable bonds is 3. The Kier molecular flexibility index (Phi) is 3.51. The van der Waals surface area contributed by atoms with Gasteiger partial charge < -0.3 is 10.5 Å².